The van der Waals surface area contributed by atoms with Crippen molar-refractivity contribution in [2.24, 2.45) is 0 Å². The summed E-state index contributed by atoms with van der Waals surface area (Å²) in [6.45, 7) is 7.38. The summed E-state index contributed by atoms with van der Waals surface area (Å²) in [4.78, 5) is 24.4. The lowest BCUT2D eigenvalue weighted by atomic mass is 9.93. The molecule has 0 saturated heterocycles. The third-order valence-corrected chi connectivity index (χ3v) is 4.80. The number of carbonyl (C=O) groups is 1. The van der Waals surface area contributed by atoms with Gasteiger partial charge in [-0.15, -0.1) is 10.2 Å². The minimum Gasteiger partial charge on any atom is -0.334 e. The normalized spacial score (nSPS) is 11.4. The number of benzene rings is 1. The van der Waals surface area contributed by atoms with Gasteiger partial charge in [-0.1, -0.05) is 50.2 Å². The van der Waals surface area contributed by atoms with Crippen LogP contribution < -0.4 is 16.7 Å². The second kappa shape index (κ2) is 7.45. The summed E-state index contributed by atoms with van der Waals surface area (Å²) in [5.74, 6) is 5.57. The topological polar surface area (TPSA) is 103 Å². The molecular formula is C16H20ClN5O2S. The minimum atomic E-state index is -0.462. The molecule has 0 saturated carbocycles. The van der Waals surface area contributed by atoms with Crippen LogP contribution in [0.3, 0.4) is 0 Å². The zero-order valence-corrected chi connectivity index (χ0v) is 16.0. The molecule has 1 aromatic carbocycles. The molecule has 1 amide bonds. The molecule has 0 spiro atoms. The molecule has 0 atom stereocenters. The fraction of sp³-hybridized carbons (Fsp3) is 0.375. The summed E-state index contributed by atoms with van der Waals surface area (Å²) in [6.07, 6.45) is 0. The minimum absolute atomic E-state index is 0.0339. The Morgan fingerprint density at radius 1 is 1.36 bits per heavy atom. The number of halogens is 1. The number of nitrogens with zero attached hydrogens (tertiary/aromatic N) is 3. The molecule has 2 rings (SSSR count). The zero-order chi connectivity index (χ0) is 18.8. The molecule has 2 aromatic rings. The number of amides is 1. The third kappa shape index (κ3) is 4.52. The van der Waals surface area contributed by atoms with Crippen molar-refractivity contribution >= 4 is 35.0 Å². The Morgan fingerprint density at radius 2 is 2.04 bits per heavy atom. The molecule has 134 valence electrons. The molecule has 0 fully saturated rings. The Morgan fingerprint density at radius 3 is 2.68 bits per heavy atom. The van der Waals surface area contributed by atoms with E-state index in [1.807, 2.05) is 27.7 Å². The highest BCUT2D eigenvalue weighted by molar-refractivity contribution is 7.99. The van der Waals surface area contributed by atoms with Crippen LogP contribution in [-0.2, 0) is 10.2 Å². The molecule has 3 N–H and O–H groups in total. The predicted molar refractivity (Wildman–Crippen MR) is 101 cm³/mol. The van der Waals surface area contributed by atoms with Crippen LogP contribution >= 0.6 is 23.4 Å². The summed E-state index contributed by atoms with van der Waals surface area (Å²) in [5.41, 5.74) is 0.815. The first-order valence-corrected chi connectivity index (χ1v) is 8.90. The van der Waals surface area contributed by atoms with Crippen LogP contribution in [0.5, 0.6) is 0 Å². The van der Waals surface area contributed by atoms with E-state index in [-0.39, 0.29) is 22.5 Å². The number of rotatable bonds is 4. The quantitative estimate of drug-likeness (QED) is 0.622. The molecule has 0 aliphatic carbocycles. The Kier molecular flexibility index (Phi) is 5.74. The molecule has 0 bridgehead atoms. The number of nitrogens with one attached hydrogen (secondary N) is 1. The van der Waals surface area contributed by atoms with Crippen LogP contribution in [-0.4, -0.2) is 26.5 Å². The molecular weight excluding hydrogens is 362 g/mol. The highest BCUT2D eigenvalue weighted by Gasteiger charge is 2.23. The lowest BCUT2D eigenvalue weighted by Gasteiger charge is -2.17. The van der Waals surface area contributed by atoms with Gasteiger partial charge in [0.25, 0.3) is 5.56 Å². The van der Waals surface area contributed by atoms with E-state index in [0.29, 0.717) is 10.7 Å². The lowest BCUT2D eigenvalue weighted by molar-refractivity contribution is -0.113. The monoisotopic (exact) mass is 381 g/mol. The van der Waals surface area contributed by atoms with Crippen molar-refractivity contribution in [3.05, 3.63) is 44.8 Å². The number of nitrogen functional groups attached to an aromatic ring is 1. The van der Waals surface area contributed by atoms with Crippen molar-refractivity contribution in [2.75, 3.05) is 16.9 Å². The maximum atomic E-state index is 12.3. The van der Waals surface area contributed by atoms with E-state index in [2.05, 4.69) is 15.5 Å². The van der Waals surface area contributed by atoms with E-state index in [4.69, 9.17) is 17.4 Å². The Labute approximate surface area is 154 Å². The first-order valence-electron chi connectivity index (χ1n) is 7.54. The van der Waals surface area contributed by atoms with Gasteiger partial charge in [0.15, 0.2) is 0 Å². The van der Waals surface area contributed by atoms with Crippen LogP contribution in [0.1, 0.15) is 32.0 Å². The third-order valence-electron chi connectivity index (χ3n) is 3.45. The van der Waals surface area contributed by atoms with Gasteiger partial charge >= 0.3 is 0 Å². The van der Waals surface area contributed by atoms with E-state index in [9.17, 15) is 9.59 Å². The molecule has 1 heterocycles. The average molecular weight is 382 g/mol. The first-order chi connectivity index (χ1) is 11.6. The fourth-order valence-electron chi connectivity index (χ4n) is 2.01. The van der Waals surface area contributed by atoms with Crippen molar-refractivity contribution in [1.82, 2.24) is 14.9 Å². The van der Waals surface area contributed by atoms with Gasteiger partial charge in [0.1, 0.15) is 5.69 Å². The summed E-state index contributed by atoms with van der Waals surface area (Å²) in [6, 6.07) is 5.27. The van der Waals surface area contributed by atoms with Crippen molar-refractivity contribution in [1.29, 1.82) is 0 Å². The van der Waals surface area contributed by atoms with Crippen LogP contribution in [0.15, 0.2) is 28.2 Å². The number of aromatic nitrogens is 3. The van der Waals surface area contributed by atoms with Gasteiger partial charge in [-0.25, -0.2) is 0 Å². The fourth-order valence-corrected chi connectivity index (χ4v) is 2.84. The number of nitrogens with two attached hydrogens (primary N) is 1. The smallest absolute Gasteiger partial charge is 0.295 e. The maximum absolute atomic E-state index is 12.3. The molecule has 0 radical (unpaired) electrons. The van der Waals surface area contributed by atoms with Crippen molar-refractivity contribution in [3.8, 4) is 0 Å². The van der Waals surface area contributed by atoms with E-state index in [1.54, 1.807) is 18.2 Å². The molecule has 0 aliphatic rings. The Bertz CT molecular complexity index is 861. The van der Waals surface area contributed by atoms with Gasteiger partial charge in [0, 0.05) is 16.1 Å². The van der Waals surface area contributed by atoms with Crippen molar-refractivity contribution < 1.29 is 4.79 Å². The van der Waals surface area contributed by atoms with Crippen LogP contribution in [0.25, 0.3) is 0 Å². The van der Waals surface area contributed by atoms with Gasteiger partial charge < -0.3 is 11.2 Å². The number of hydrogen-bond acceptors (Lipinski definition) is 6. The largest absolute Gasteiger partial charge is 0.334 e. The van der Waals surface area contributed by atoms with Crippen LogP contribution in [0, 0.1) is 6.92 Å². The van der Waals surface area contributed by atoms with E-state index >= 15 is 0 Å². The molecule has 0 aliphatic heterocycles. The molecule has 0 unspecified atom stereocenters. The number of thioether (sulfide) groups is 1. The predicted octanol–water partition coefficient (Wildman–Crippen LogP) is 2.34. The van der Waals surface area contributed by atoms with Crippen LogP contribution in [0.4, 0.5) is 5.69 Å². The molecule has 1 aromatic heterocycles. The van der Waals surface area contributed by atoms with Gasteiger partial charge in [-0.2, -0.15) is 4.68 Å². The van der Waals surface area contributed by atoms with E-state index < -0.39 is 11.0 Å². The summed E-state index contributed by atoms with van der Waals surface area (Å²) < 4.78 is 0.927. The van der Waals surface area contributed by atoms with Crippen molar-refractivity contribution in [3.63, 3.8) is 0 Å². The summed E-state index contributed by atoms with van der Waals surface area (Å²) in [7, 11) is 0. The summed E-state index contributed by atoms with van der Waals surface area (Å²) >= 11 is 7.07. The van der Waals surface area contributed by atoms with E-state index in [1.165, 1.54) is 0 Å². The number of anilines is 1. The SMILES string of the molecule is Cc1c(Cl)cccc1NC(=O)CSc1nnc(C(C)(C)C)c(=O)n1N. The Hall–Kier alpha value is -2.06. The van der Waals surface area contributed by atoms with Gasteiger partial charge in [0.05, 0.1) is 5.75 Å². The Balaban J connectivity index is 2.09. The zero-order valence-electron chi connectivity index (χ0n) is 14.5. The highest BCUT2D eigenvalue weighted by atomic mass is 35.5. The second-order valence-electron chi connectivity index (χ2n) is 6.51. The summed E-state index contributed by atoms with van der Waals surface area (Å²) in [5, 5.41) is 11.5. The molecule has 25 heavy (non-hydrogen) atoms. The number of hydrogen-bond donors (Lipinski definition) is 2. The highest BCUT2D eigenvalue weighted by Crippen LogP contribution is 2.23. The standard InChI is InChI=1S/C16H20ClN5O2S/c1-9-10(17)6-5-7-11(9)19-12(23)8-25-15-21-20-13(16(2,3)4)14(24)22(15)18/h5-7H,8,18H2,1-4H3,(H,19,23). The molecule has 7 nitrogen and oxygen atoms in total. The van der Waals surface area contributed by atoms with E-state index in [0.717, 1.165) is 22.0 Å². The average Bonchev–Trinajstić information content (AvgIpc) is 2.52. The lowest BCUT2D eigenvalue weighted by Crippen LogP contribution is -2.38. The molecule has 9 heteroatoms. The first kappa shape index (κ1) is 19.3. The second-order valence-corrected chi connectivity index (χ2v) is 7.86. The van der Waals surface area contributed by atoms with Crippen molar-refractivity contribution in [2.45, 2.75) is 38.3 Å². The number of carbonyl (C=O) groups excluding carboxylic acids is 1. The van der Waals surface area contributed by atoms with Crippen LogP contribution in [0.2, 0.25) is 5.02 Å². The van der Waals surface area contributed by atoms with Gasteiger partial charge in [-0.3, -0.25) is 9.59 Å². The van der Waals surface area contributed by atoms with Gasteiger partial charge in [0.2, 0.25) is 11.1 Å². The van der Waals surface area contributed by atoms with Gasteiger partial charge in [-0.05, 0) is 24.6 Å². The maximum Gasteiger partial charge on any atom is 0.295 e.